The highest BCUT2D eigenvalue weighted by Crippen LogP contribution is 2.17. The summed E-state index contributed by atoms with van der Waals surface area (Å²) in [6.45, 7) is 6.00. The number of hydrogen-bond acceptors (Lipinski definition) is 5. The SMILES string of the molecule is CCN(CC)c1ccc(C=C(NC(=O)c2ccccc2)C(=O)NN=Cc2ccc(Br)o2)cc1. The molecule has 0 aliphatic carbocycles. The smallest absolute Gasteiger partial charge is 0.287 e. The van der Waals surface area contributed by atoms with Gasteiger partial charge in [-0.25, -0.2) is 5.43 Å². The fourth-order valence-electron chi connectivity index (χ4n) is 3.09. The summed E-state index contributed by atoms with van der Waals surface area (Å²) in [6, 6.07) is 19.9. The summed E-state index contributed by atoms with van der Waals surface area (Å²) >= 11 is 3.21. The van der Waals surface area contributed by atoms with Crippen LogP contribution in [0.2, 0.25) is 0 Å². The summed E-state index contributed by atoms with van der Waals surface area (Å²) in [5.41, 5.74) is 4.79. The number of amides is 2. The van der Waals surface area contributed by atoms with Crippen LogP contribution in [0.25, 0.3) is 6.08 Å². The lowest BCUT2D eigenvalue weighted by atomic mass is 10.1. The number of halogens is 1. The van der Waals surface area contributed by atoms with Gasteiger partial charge in [-0.15, -0.1) is 0 Å². The first-order chi connectivity index (χ1) is 16.0. The van der Waals surface area contributed by atoms with Gasteiger partial charge in [-0.1, -0.05) is 30.3 Å². The second-order valence-corrected chi connectivity index (χ2v) is 7.76. The molecule has 2 N–H and O–H groups in total. The Bertz CT molecular complexity index is 1130. The number of benzene rings is 2. The number of rotatable bonds is 9. The van der Waals surface area contributed by atoms with Crippen molar-refractivity contribution in [3.63, 3.8) is 0 Å². The van der Waals surface area contributed by atoms with Gasteiger partial charge in [-0.3, -0.25) is 9.59 Å². The maximum absolute atomic E-state index is 12.8. The molecule has 3 rings (SSSR count). The van der Waals surface area contributed by atoms with Crippen LogP contribution in [0.4, 0.5) is 5.69 Å². The molecule has 1 heterocycles. The predicted octanol–water partition coefficient (Wildman–Crippen LogP) is 4.81. The molecular formula is C25H25BrN4O3. The van der Waals surface area contributed by atoms with Gasteiger partial charge >= 0.3 is 0 Å². The highest BCUT2D eigenvalue weighted by Gasteiger charge is 2.14. The summed E-state index contributed by atoms with van der Waals surface area (Å²) in [6.07, 6.45) is 2.99. The Balaban J connectivity index is 1.81. The molecule has 2 amide bonds. The molecule has 0 saturated heterocycles. The van der Waals surface area contributed by atoms with E-state index in [0.717, 1.165) is 24.3 Å². The van der Waals surface area contributed by atoms with Gasteiger partial charge in [0.05, 0.1) is 6.21 Å². The Labute approximate surface area is 201 Å². The van der Waals surface area contributed by atoms with Crippen LogP contribution in [-0.4, -0.2) is 31.1 Å². The van der Waals surface area contributed by atoms with Gasteiger partial charge in [0.1, 0.15) is 11.5 Å². The maximum atomic E-state index is 12.8. The lowest BCUT2D eigenvalue weighted by Gasteiger charge is -2.20. The molecule has 33 heavy (non-hydrogen) atoms. The van der Waals surface area contributed by atoms with Crippen molar-refractivity contribution in [3.8, 4) is 0 Å². The van der Waals surface area contributed by atoms with E-state index in [0.29, 0.717) is 16.0 Å². The highest BCUT2D eigenvalue weighted by atomic mass is 79.9. The molecule has 0 radical (unpaired) electrons. The van der Waals surface area contributed by atoms with Crippen LogP contribution in [-0.2, 0) is 4.79 Å². The average Bonchev–Trinajstić information content (AvgIpc) is 3.25. The third kappa shape index (κ3) is 6.92. The minimum absolute atomic E-state index is 0.0669. The standard InChI is InChI=1S/C25H25BrN4O3/c1-3-30(4-2)20-12-10-18(11-13-20)16-22(28-24(31)19-8-6-5-7-9-19)25(32)29-27-17-21-14-15-23(26)33-21/h5-17H,3-4H2,1-2H3,(H,28,31)(H,29,32). The first-order valence-corrected chi connectivity index (χ1v) is 11.3. The Hall–Kier alpha value is -3.65. The number of carbonyl (C=O) groups excluding carboxylic acids is 2. The number of hydrogen-bond donors (Lipinski definition) is 2. The topological polar surface area (TPSA) is 86.9 Å². The number of hydrazone groups is 1. The second-order valence-electron chi connectivity index (χ2n) is 6.98. The van der Waals surface area contributed by atoms with Crippen molar-refractivity contribution < 1.29 is 14.0 Å². The molecule has 1 aromatic heterocycles. The first-order valence-electron chi connectivity index (χ1n) is 10.5. The molecule has 0 atom stereocenters. The largest absolute Gasteiger partial charge is 0.448 e. The summed E-state index contributed by atoms with van der Waals surface area (Å²) in [7, 11) is 0. The van der Waals surface area contributed by atoms with E-state index in [1.165, 1.54) is 6.21 Å². The third-order valence-corrected chi connectivity index (χ3v) is 5.24. The Morgan fingerprint density at radius 2 is 1.70 bits per heavy atom. The summed E-state index contributed by atoms with van der Waals surface area (Å²) in [5, 5.41) is 6.61. The normalized spacial score (nSPS) is 11.4. The van der Waals surface area contributed by atoms with E-state index in [-0.39, 0.29) is 5.70 Å². The minimum atomic E-state index is -0.561. The van der Waals surface area contributed by atoms with Gasteiger partial charge in [0, 0.05) is 24.3 Å². The van der Waals surface area contributed by atoms with Gasteiger partial charge in [-0.2, -0.15) is 5.10 Å². The summed E-state index contributed by atoms with van der Waals surface area (Å²) < 4.78 is 5.88. The summed E-state index contributed by atoms with van der Waals surface area (Å²) in [4.78, 5) is 27.7. The molecule has 0 unspecified atom stereocenters. The van der Waals surface area contributed by atoms with Crippen LogP contribution in [0.5, 0.6) is 0 Å². The molecule has 0 fully saturated rings. The van der Waals surface area contributed by atoms with Gasteiger partial charge in [0.15, 0.2) is 4.67 Å². The van der Waals surface area contributed by atoms with E-state index >= 15 is 0 Å². The fraction of sp³-hybridized carbons (Fsp3) is 0.160. The van der Waals surface area contributed by atoms with E-state index in [1.54, 1.807) is 42.5 Å². The van der Waals surface area contributed by atoms with Crippen molar-refractivity contribution in [2.24, 2.45) is 5.10 Å². The van der Waals surface area contributed by atoms with Crippen molar-refractivity contribution in [2.75, 3.05) is 18.0 Å². The molecule has 0 aliphatic heterocycles. The molecule has 3 aromatic rings. The summed E-state index contributed by atoms with van der Waals surface area (Å²) in [5.74, 6) is -0.488. The predicted molar refractivity (Wildman–Crippen MR) is 134 cm³/mol. The highest BCUT2D eigenvalue weighted by molar-refractivity contribution is 9.10. The number of furan rings is 1. The molecular weight excluding hydrogens is 484 g/mol. The lowest BCUT2D eigenvalue weighted by molar-refractivity contribution is -0.117. The lowest BCUT2D eigenvalue weighted by Crippen LogP contribution is -2.32. The third-order valence-electron chi connectivity index (χ3n) is 4.81. The van der Waals surface area contributed by atoms with E-state index in [1.807, 2.05) is 30.3 Å². The van der Waals surface area contributed by atoms with Gasteiger partial charge in [0.2, 0.25) is 0 Å². The van der Waals surface area contributed by atoms with Crippen molar-refractivity contribution in [1.29, 1.82) is 0 Å². The van der Waals surface area contributed by atoms with Crippen molar-refractivity contribution >= 4 is 45.7 Å². The molecule has 0 bridgehead atoms. The van der Waals surface area contributed by atoms with Crippen LogP contribution in [0, 0.1) is 0 Å². The van der Waals surface area contributed by atoms with Gasteiger partial charge < -0.3 is 14.6 Å². The molecule has 0 aliphatic rings. The van der Waals surface area contributed by atoms with Crippen LogP contribution in [0.1, 0.15) is 35.5 Å². The molecule has 0 spiro atoms. The quantitative estimate of drug-likeness (QED) is 0.246. The zero-order valence-corrected chi connectivity index (χ0v) is 20.0. The fourth-order valence-corrected chi connectivity index (χ4v) is 3.41. The van der Waals surface area contributed by atoms with Crippen LogP contribution in [0.15, 0.2) is 86.6 Å². The van der Waals surface area contributed by atoms with E-state index < -0.39 is 11.8 Å². The number of nitrogens with zero attached hydrogens (tertiary/aromatic N) is 2. The Kier molecular flexibility index (Phi) is 8.60. The van der Waals surface area contributed by atoms with Crippen LogP contribution < -0.4 is 15.6 Å². The average molecular weight is 509 g/mol. The van der Waals surface area contributed by atoms with E-state index in [2.05, 4.69) is 50.5 Å². The van der Waals surface area contributed by atoms with E-state index in [9.17, 15) is 9.59 Å². The monoisotopic (exact) mass is 508 g/mol. The molecule has 0 saturated carbocycles. The zero-order chi connectivity index (χ0) is 23.6. The van der Waals surface area contributed by atoms with E-state index in [4.69, 9.17) is 4.42 Å². The van der Waals surface area contributed by atoms with Crippen molar-refractivity contribution in [2.45, 2.75) is 13.8 Å². The van der Waals surface area contributed by atoms with Gasteiger partial charge in [0.25, 0.3) is 11.8 Å². The van der Waals surface area contributed by atoms with Crippen molar-refractivity contribution in [1.82, 2.24) is 10.7 Å². The zero-order valence-electron chi connectivity index (χ0n) is 18.4. The van der Waals surface area contributed by atoms with Crippen LogP contribution >= 0.6 is 15.9 Å². The second kappa shape index (κ2) is 11.8. The number of carbonyl (C=O) groups is 2. The molecule has 8 heteroatoms. The van der Waals surface area contributed by atoms with Gasteiger partial charge in [-0.05, 0) is 77.8 Å². The maximum Gasteiger partial charge on any atom is 0.287 e. The van der Waals surface area contributed by atoms with Crippen molar-refractivity contribution in [3.05, 3.63) is 94.0 Å². The van der Waals surface area contributed by atoms with Crippen LogP contribution in [0.3, 0.4) is 0 Å². The first kappa shape index (κ1) is 24.0. The minimum Gasteiger partial charge on any atom is -0.448 e. The molecule has 2 aromatic carbocycles. The Morgan fingerprint density at radius 1 is 1.00 bits per heavy atom. The Morgan fingerprint density at radius 3 is 2.30 bits per heavy atom. The number of anilines is 1. The molecule has 7 nitrogen and oxygen atoms in total. The number of nitrogens with one attached hydrogen (secondary N) is 2. The molecule has 170 valence electrons.